The lowest BCUT2D eigenvalue weighted by molar-refractivity contribution is -0.686. The number of rotatable bonds is 6. The number of hydrogen-bond acceptors (Lipinski definition) is 2. The first kappa shape index (κ1) is 14.3. The van der Waals surface area contributed by atoms with Crippen molar-refractivity contribution in [2.75, 3.05) is 12.8 Å². The molecule has 0 spiro atoms. The largest absolute Gasteiger partial charge is 0.290 e. The Morgan fingerprint density at radius 2 is 2.18 bits per heavy atom. The van der Waals surface area contributed by atoms with E-state index < -0.39 is 0 Å². The Bertz CT molecular complexity index is 394. The predicted octanol–water partition coefficient (Wildman–Crippen LogP) is 2.78. The third-order valence-electron chi connectivity index (χ3n) is 3.02. The van der Waals surface area contributed by atoms with E-state index in [1.165, 1.54) is 29.9 Å². The number of hydrogen-bond donors (Lipinski definition) is 0. The monoisotopic (exact) mass is 254 g/mol. The Hall–Kier alpha value is -0.770. The molecule has 0 aromatic carbocycles. The summed E-state index contributed by atoms with van der Waals surface area (Å²) >= 11 is 1.73. The van der Waals surface area contributed by atoms with Gasteiger partial charge in [-0.25, -0.2) is 4.57 Å². The maximum Gasteiger partial charge on any atom is 0.256 e. The molecule has 0 amide bonds. The molecule has 0 N–H and O–H groups in total. The van der Waals surface area contributed by atoms with Gasteiger partial charge in [0.25, 0.3) is 6.33 Å². The average molecular weight is 254 g/mol. The van der Waals surface area contributed by atoms with Gasteiger partial charge in [-0.05, 0) is 13.3 Å². The van der Waals surface area contributed by atoms with E-state index in [-0.39, 0.29) is 0 Å². The average Bonchev–Trinajstić information content (AvgIpc) is 2.57. The summed E-state index contributed by atoms with van der Waals surface area (Å²) in [6.07, 6.45) is 6.66. The van der Waals surface area contributed by atoms with E-state index in [1.54, 1.807) is 11.9 Å². The van der Waals surface area contributed by atoms with Crippen LogP contribution in [0.5, 0.6) is 0 Å². The molecule has 0 aliphatic heterocycles. The molecule has 0 unspecified atom stereocenters. The van der Waals surface area contributed by atoms with Crippen LogP contribution >= 0.6 is 11.9 Å². The Kier molecular flexibility index (Phi) is 5.75. The van der Waals surface area contributed by atoms with Gasteiger partial charge in [0.05, 0.1) is 17.7 Å². The van der Waals surface area contributed by atoms with Crippen LogP contribution in [0.1, 0.15) is 38.1 Å². The highest BCUT2D eigenvalue weighted by Gasteiger charge is 2.15. The van der Waals surface area contributed by atoms with Gasteiger partial charge in [-0.3, -0.25) is 4.99 Å². The quantitative estimate of drug-likeness (QED) is 0.434. The third kappa shape index (κ3) is 3.87. The van der Waals surface area contributed by atoms with Crippen LogP contribution in [-0.2, 0) is 6.54 Å². The third-order valence-corrected chi connectivity index (χ3v) is 3.78. The lowest BCUT2D eigenvalue weighted by Crippen LogP contribution is -2.38. The molecule has 0 aliphatic carbocycles. The molecule has 0 saturated heterocycles. The van der Waals surface area contributed by atoms with Gasteiger partial charge in [-0.1, -0.05) is 13.3 Å². The van der Waals surface area contributed by atoms with Gasteiger partial charge in [0, 0.05) is 26.6 Å². The maximum absolute atomic E-state index is 4.59. The van der Waals surface area contributed by atoms with E-state index in [2.05, 4.69) is 53.8 Å². The number of aliphatic imine (C=N–C) groups is 1. The molecule has 1 rings (SSSR count). The van der Waals surface area contributed by atoms with Crippen LogP contribution in [0, 0.1) is 13.8 Å². The highest BCUT2D eigenvalue weighted by atomic mass is 32.2. The smallest absolute Gasteiger partial charge is 0.256 e. The van der Waals surface area contributed by atoms with Crippen molar-refractivity contribution in [2.24, 2.45) is 4.99 Å². The zero-order chi connectivity index (χ0) is 12.8. The molecule has 0 radical (unpaired) electrons. The second kappa shape index (κ2) is 6.84. The molecule has 1 heterocycles. The zero-order valence-electron chi connectivity index (χ0n) is 11.7. The van der Waals surface area contributed by atoms with Crippen molar-refractivity contribution in [1.29, 1.82) is 0 Å². The van der Waals surface area contributed by atoms with Crippen LogP contribution in [0.3, 0.4) is 0 Å². The van der Waals surface area contributed by atoms with Crippen molar-refractivity contribution in [1.82, 2.24) is 3.97 Å². The minimum absolute atomic E-state index is 0.907. The summed E-state index contributed by atoms with van der Waals surface area (Å²) in [7, 11) is 0. The van der Waals surface area contributed by atoms with Gasteiger partial charge in [0.2, 0.25) is 0 Å². The molecule has 4 heteroatoms. The molecule has 1 aromatic heterocycles. The Labute approximate surface area is 109 Å². The minimum atomic E-state index is 0.907. The van der Waals surface area contributed by atoms with Gasteiger partial charge in [-0.15, -0.1) is 0 Å². The Balaban J connectivity index is 2.71. The van der Waals surface area contributed by atoms with Gasteiger partial charge >= 0.3 is 0 Å². The van der Waals surface area contributed by atoms with Crippen LogP contribution in [0.4, 0.5) is 0 Å². The van der Waals surface area contributed by atoms with Crippen molar-refractivity contribution in [3.8, 4) is 0 Å². The first-order chi connectivity index (χ1) is 8.10. The number of unbranched alkanes of at least 4 members (excludes halogenated alkanes) is 1. The highest BCUT2D eigenvalue weighted by molar-refractivity contribution is 7.97. The zero-order valence-corrected chi connectivity index (χ0v) is 12.5. The lowest BCUT2D eigenvalue weighted by atomic mass is 10.3. The molecule has 96 valence electrons. The molecule has 0 saturated carbocycles. The van der Waals surface area contributed by atoms with E-state index >= 15 is 0 Å². The van der Waals surface area contributed by atoms with Crippen LogP contribution in [0.15, 0.2) is 11.3 Å². The lowest BCUT2D eigenvalue weighted by Gasteiger charge is -1.99. The maximum atomic E-state index is 4.59. The van der Waals surface area contributed by atoms with Crippen molar-refractivity contribution in [3.63, 3.8) is 0 Å². The van der Waals surface area contributed by atoms with Crippen molar-refractivity contribution >= 4 is 17.7 Å². The fourth-order valence-corrected chi connectivity index (χ4v) is 2.35. The van der Waals surface area contributed by atoms with E-state index in [1.807, 2.05) is 0 Å². The summed E-state index contributed by atoms with van der Waals surface area (Å²) in [4.78, 5) is 4.59. The molecule has 0 aliphatic rings. The Morgan fingerprint density at radius 1 is 1.47 bits per heavy atom. The molecule has 17 heavy (non-hydrogen) atoms. The summed E-state index contributed by atoms with van der Waals surface area (Å²) in [6, 6.07) is 0. The van der Waals surface area contributed by atoms with E-state index in [4.69, 9.17) is 0 Å². The first-order valence-electron chi connectivity index (χ1n) is 6.22. The minimum Gasteiger partial charge on any atom is -0.290 e. The predicted molar refractivity (Wildman–Crippen MR) is 75.9 cm³/mol. The van der Waals surface area contributed by atoms with Gasteiger partial charge in [0.15, 0.2) is 5.69 Å². The second-order valence-corrected chi connectivity index (χ2v) is 5.15. The Morgan fingerprint density at radius 3 is 2.71 bits per heavy atom. The van der Waals surface area contributed by atoms with Crippen molar-refractivity contribution in [2.45, 2.75) is 47.1 Å². The number of nitrogens with zero attached hydrogens (tertiary/aromatic N) is 3. The molecular weight excluding hydrogens is 230 g/mol. The summed E-state index contributed by atoms with van der Waals surface area (Å²) in [6.45, 7) is 10.5. The van der Waals surface area contributed by atoms with Crippen LogP contribution < -0.4 is 4.57 Å². The van der Waals surface area contributed by atoms with E-state index in [0.29, 0.717) is 0 Å². The van der Waals surface area contributed by atoms with Gasteiger partial charge < -0.3 is 0 Å². The normalized spacial score (nSPS) is 12.2. The molecular formula is C13H24N3S+. The standard InChI is InChI=1S/C13H24N3S/c1-6-7-8-14-11(2)9-15-10-16(17-5)13(4)12(15)3/h10H,6-9H2,1-5H3/q+1. The SMILES string of the molecule is CCCCN=C(C)C[n+]1cn(SC)c(C)c1C. The van der Waals surface area contributed by atoms with Gasteiger partial charge in [0.1, 0.15) is 12.2 Å². The molecule has 0 fully saturated rings. The highest BCUT2D eigenvalue weighted by Crippen LogP contribution is 2.09. The summed E-state index contributed by atoms with van der Waals surface area (Å²) in [5.74, 6) is 0. The summed E-state index contributed by atoms with van der Waals surface area (Å²) in [5.41, 5.74) is 3.85. The number of imidazole rings is 1. The fourth-order valence-electron chi connectivity index (χ4n) is 1.74. The molecule has 3 nitrogen and oxygen atoms in total. The number of aromatic nitrogens is 2. The van der Waals surface area contributed by atoms with Crippen molar-refractivity contribution < 1.29 is 4.57 Å². The first-order valence-corrected chi connectivity index (χ1v) is 7.40. The van der Waals surface area contributed by atoms with E-state index in [0.717, 1.165) is 13.1 Å². The molecule has 0 atom stereocenters. The van der Waals surface area contributed by atoms with Crippen LogP contribution in [0.25, 0.3) is 0 Å². The summed E-state index contributed by atoms with van der Waals surface area (Å²) in [5, 5.41) is 0. The summed E-state index contributed by atoms with van der Waals surface area (Å²) < 4.78 is 4.48. The van der Waals surface area contributed by atoms with Crippen LogP contribution in [0.2, 0.25) is 0 Å². The second-order valence-electron chi connectivity index (χ2n) is 4.39. The van der Waals surface area contributed by atoms with Crippen molar-refractivity contribution in [3.05, 3.63) is 17.7 Å². The molecule has 1 aromatic rings. The fraction of sp³-hybridized carbons (Fsp3) is 0.692. The topological polar surface area (TPSA) is 21.2 Å². The van der Waals surface area contributed by atoms with Crippen LogP contribution in [-0.4, -0.2) is 22.5 Å². The van der Waals surface area contributed by atoms with Gasteiger partial charge in [-0.2, -0.15) is 3.97 Å². The van der Waals surface area contributed by atoms with E-state index in [9.17, 15) is 0 Å². The molecule has 0 bridgehead atoms.